The molecule has 0 spiro atoms. The van der Waals surface area contributed by atoms with Crippen molar-refractivity contribution in [1.29, 1.82) is 0 Å². The number of aryl methyl sites for hydroxylation is 1. The number of aromatic carboxylic acids is 1. The second kappa shape index (κ2) is 7.19. The van der Waals surface area contributed by atoms with Crippen molar-refractivity contribution in [3.8, 4) is 22.6 Å². The highest BCUT2D eigenvalue weighted by Crippen LogP contribution is 2.42. The number of hydrogen-bond acceptors (Lipinski definition) is 6. The lowest BCUT2D eigenvalue weighted by molar-refractivity contribution is 0.0691. The fourth-order valence-corrected chi connectivity index (χ4v) is 4.61. The van der Waals surface area contributed by atoms with Crippen molar-refractivity contribution < 1.29 is 23.8 Å². The maximum absolute atomic E-state index is 14.8. The van der Waals surface area contributed by atoms with Gasteiger partial charge in [-0.05, 0) is 31.2 Å². The summed E-state index contributed by atoms with van der Waals surface area (Å²) in [6.07, 6.45) is 3.14. The van der Waals surface area contributed by atoms with Crippen LogP contribution in [0.25, 0.3) is 16.8 Å². The molecule has 0 saturated heterocycles. The molecule has 0 radical (unpaired) electrons. The Labute approximate surface area is 187 Å². The monoisotopic (exact) mass is 446 g/mol. The van der Waals surface area contributed by atoms with E-state index in [-0.39, 0.29) is 30.6 Å². The van der Waals surface area contributed by atoms with E-state index in [0.717, 1.165) is 16.8 Å². The molecule has 4 aromatic rings. The van der Waals surface area contributed by atoms with E-state index < -0.39 is 5.97 Å². The minimum Gasteiger partial charge on any atom is -0.493 e. The van der Waals surface area contributed by atoms with E-state index in [0.29, 0.717) is 40.7 Å². The topological polar surface area (TPSA) is 98.0 Å². The van der Waals surface area contributed by atoms with Crippen LogP contribution >= 0.6 is 0 Å². The Balaban J connectivity index is 1.58. The molecule has 33 heavy (non-hydrogen) atoms. The maximum Gasteiger partial charge on any atom is 0.356 e. The lowest BCUT2D eigenvalue weighted by atomic mass is 9.96. The predicted octanol–water partition coefficient (Wildman–Crippen LogP) is 4.02. The van der Waals surface area contributed by atoms with E-state index in [1.54, 1.807) is 16.7 Å². The minimum atomic E-state index is -1.14. The highest BCUT2D eigenvalue weighted by atomic mass is 19.1. The molecule has 0 unspecified atom stereocenters. The summed E-state index contributed by atoms with van der Waals surface area (Å²) in [5.41, 5.74) is 3.96. The van der Waals surface area contributed by atoms with Crippen LogP contribution in [-0.4, -0.2) is 38.7 Å². The molecule has 2 aliphatic heterocycles. The third-order valence-corrected chi connectivity index (χ3v) is 6.19. The second-order valence-electron chi connectivity index (χ2n) is 8.14. The number of carboxylic acid groups (broad SMARTS) is 1. The summed E-state index contributed by atoms with van der Waals surface area (Å²) < 4.78 is 28.4. The van der Waals surface area contributed by atoms with Crippen molar-refractivity contribution in [1.82, 2.24) is 14.4 Å². The third kappa shape index (κ3) is 3.00. The summed E-state index contributed by atoms with van der Waals surface area (Å²) in [6, 6.07) is 8.61. The lowest BCUT2D eigenvalue weighted by Crippen LogP contribution is -2.13. The average Bonchev–Trinajstić information content (AvgIpc) is 3.43. The van der Waals surface area contributed by atoms with Crippen LogP contribution in [0.3, 0.4) is 0 Å². The molecule has 8 nitrogen and oxygen atoms in total. The standard InChI is InChI=1S/C24H19FN4O4/c1-12-14(3-2-6-26-12)15-7-20-23(29-9-18(24(30)31)28-22(15)29)27-8-16-17(25)4-5-19-21(16)13(10-32-19)11-33-20/h2-7,9,13,27H,8,10-11H2,1H3,(H,30,31)/t13-/m1/s1. The molecule has 2 N–H and O–H groups in total. The zero-order valence-corrected chi connectivity index (χ0v) is 17.6. The highest BCUT2D eigenvalue weighted by molar-refractivity contribution is 5.90. The first-order valence-corrected chi connectivity index (χ1v) is 10.5. The number of anilines is 1. The van der Waals surface area contributed by atoms with E-state index in [4.69, 9.17) is 9.47 Å². The molecular formula is C24H19FN4O4. The van der Waals surface area contributed by atoms with Crippen LogP contribution in [0.15, 0.2) is 42.7 Å². The van der Waals surface area contributed by atoms with Crippen molar-refractivity contribution >= 4 is 17.4 Å². The molecule has 0 amide bonds. The number of fused-ring (bicyclic) bond motifs is 3. The normalized spacial score (nSPS) is 16.5. The smallest absolute Gasteiger partial charge is 0.356 e. The van der Waals surface area contributed by atoms with Crippen molar-refractivity contribution in [2.45, 2.75) is 19.4 Å². The van der Waals surface area contributed by atoms with Gasteiger partial charge in [0, 0.05) is 46.9 Å². The van der Waals surface area contributed by atoms with E-state index in [1.165, 1.54) is 12.3 Å². The van der Waals surface area contributed by atoms with Crippen LogP contribution < -0.4 is 14.8 Å². The van der Waals surface area contributed by atoms with Crippen LogP contribution in [0.5, 0.6) is 11.5 Å². The van der Waals surface area contributed by atoms with Crippen LogP contribution in [0.4, 0.5) is 10.2 Å². The van der Waals surface area contributed by atoms with E-state index in [1.807, 2.05) is 25.1 Å². The van der Waals surface area contributed by atoms with Gasteiger partial charge in [0.1, 0.15) is 17.2 Å². The number of nitrogens with one attached hydrogen (secondary N) is 1. The quantitative estimate of drug-likeness (QED) is 0.480. The summed E-state index contributed by atoms with van der Waals surface area (Å²) in [5.74, 6) is 0.106. The van der Waals surface area contributed by atoms with Crippen LogP contribution in [0.1, 0.15) is 33.2 Å². The SMILES string of the molecule is Cc1ncccc1-c1cc2c(n3cc(C(=O)O)nc13)NCc1c(F)ccc3c1[C@H](CO3)CO2. The summed E-state index contributed by atoms with van der Waals surface area (Å²) in [4.78, 5) is 20.5. The number of benzene rings is 1. The van der Waals surface area contributed by atoms with Gasteiger partial charge in [-0.2, -0.15) is 0 Å². The molecule has 166 valence electrons. The van der Waals surface area contributed by atoms with E-state index in [2.05, 4.69) is 15.3 Å². The zero-order chi connectivity index (χ0) is 22.7. The number of aromatic nitrogens is 3. The average molecular weight is 446 g/mol. The molecule has 6 rings (SSSR count). The van der Waals surface area contributed by atoms with E-state index >= 15 is 0 Å². The van der Waals surface area contributed by atoms with Crippen molar-refractivity contribution in [3.05, 3.63) is 71.1 Å². The first-order valence-electron chi connectivity index (χ1n) is 10.5. The first kappa shape index (κ1) is 19.5. The molecule has 3 aromatic heterocycles. The summed E-state index contributed by atoms with van der Waals surface area (Å²) in [5, 5.41) is 12.8. The van der Waals surface area contributed by atoms with Crippen LogP contribution in [0.2, 0.25) is 0 Å². The molecule has 9 heteroatoms. The Bertz CT molecular complexity index is 1450. The third-order valence-electron chi connectivity index (χ3n) is 6.19. The molecule has 1 aromatic carbocycles. The van der Waals surface area contributed by atoms with Gasteiger partial charge in [-0.25, -0.2) is 14.2 Å². The Morgan fingerprint density at radius 1 is 1.21 bits per heavy atom. The number of imidazole rings is 1. The van der Waals surface area contributed by atoms with Crippen LogP contribution in [-0.2, 0) is 6.54 Å². The molecule has 2 aliphatic rings. The molecule has 1 atom stereocenters. The number of carbonyl (C=O) groups is 1. The number of rotatable bonds is 2. The van der Waals surface area contributed by atoms with Crippen molar-refractivity contribution in [2.75, 3.05) is 18.5 Å². The largest absolute Gasteiger partial charge is 0.493 e. The first-order chi connectivity index (χ1) is 16.0. The number of pyridine rings is 2. The van der Waals surface area contributed by atoms with Crippen molar-refractivity contribution in [3.63, 3.8) is 0 Å². The fraction of sp³-hybridized carbons (Fsp3) is 0.208. The van der Waals surface area contributed by atoms with E-state index in [9.17, 15) is 14.3 Å². The number of hydrogen-bond donors (Lipinski definition) is 2. The van der Waals surface area contributed by atoms with Gasteiger partial charge in [0.15, 0.2) is 17.3 Å². The molecule has 0 bridgehead atoms. The maximum atomic E-state index is 14.8. The Kier molecular flexibility index (Phi) is 4.26. The lowest BCUT2D eigenvalue weighted by Gasteiger charge is -2.17. The summed E-state index contributed by atoms with van der Waals surface area (Å²) in [6.45, 7) is 2.76. The number of halogens is 1. The van der Waals surface area contributed by atoms with Gasteiger partial charge in [0.2, 0.25) is 0 Å². The predicted molar refractivity (Wildman–Crippen MR) is 118 cm³/mol. The Morgan fingerprint density at radius 3 is 2.82 bits per heavy atom. The molecule has 0 aliphatic carbocycles. The van der Waals surface area contributed by atoms with Gasteiger partial charge in [-0.3, -0.25) is 9.38 Å². The Hall–Kier alpha value is -4.14. The van der Waals surface area contributed by atoms with Gasteiger partial charge < -0.3 is 19.9 Å². The summed E-state index contributed by atoms with van der Waals surface area (Å²) >= 11 is 0. The van der Waals surface area contributed by atoms with Gasteiger partial charge in [-0.1, -0.05) is 6.07 Å². The summed E-state index contributed by atoms with van der Waals surface area (Å²) in [7, 11) is 0. The van der Waals surface area contributed by atoms with Crippen molar-refractivity contribution in [2.24, 2.45) is 0 Å². The molecular weight excluding hydrogens is 427 g/mol. The number of nitrogens with zero attached hydrogens (tertiary/aromatic N) is 3. The van der Waals surface area contributed by atoms with Gasteiger partial charge in [0.25, 0.3) is 0 Å². The molecule has 0 fully saturated rings. The molecule has 5 heterocycles. The van der Waals surface area contributed by atoms with Gasteiger partial charge in [0.05, 0.1) is 19.1 Å². The molecule has 0 saturated carbocycles. The van der Waals surface area contributed by atoms with Gasteiger partial charge >= 0.3 is 5.97 Å². The zero-order valence-electron chi connectivity index (χ0n) is 17.6. The second-order valence-corrected chi connectivity index (χ2v) is 8.14. The number of carboxylic acids is 1. The highest BCUT2D eigenvalue weighted by Gasteiger charge is 2.32. The minimum absolute atomic E-state index is 0.103. The fourth-order valence-electron chi connectivity index (χ4n) is 4.61. The number of ether oxygens (including phenoxy) is 2. The Morgan fingerprint density at radius 2 is 2.03 bits per heavy atom. The van der Waals surface area contributed by atoms with Crippen LogP contribution in [0, 0.1) is 12.7 Å². The van der Waals surface area contributed by atoms with Gasteiger partial charge in [-0.15, -0.1) is 0 Å².